The summed E-state index contributed by atoms with van der Waals surface area (Å²) in [4.78, 5) is 26.6. The van der Waals surface area contributed by atoms with E-state index < -0.39 is 10.9 Å². The van der Waals surface area contributed by atoms with Crippen molar-refractivity contribution < 1.29 is 19.2 Å². The Morgan fingerprint density at radius 2 is 1.84 bits per heavy atom. The van der Waals surface area contributed by atoms with Gasteiger partial charge in [0.1, 0.15) is 31.0 Å². The summed E-state index contributed by atoms with van der Waals surface area (Å²) in [5, 5.41) is 13.8. The lowest BCUT2D eigenvalue weighted by Crippen LogP contribution is -2.26. The first-order chi connectivity index (χ1) is 15.0. The van der Waals surface area contributed by atoms with Crippen LogP contribution in [0, 0.1) is 10.1 Å². The van der Waals surface area contributed by atoms with Crippen LogP contribution in [0.1, 0.15) is 29.3 Å². The summed E-state index contributed by atoms with van der Waals surface area (Å²) in [6.45, 7) is 2.53. The van der Waals surface area contributed by atoms with E-state index in [2.05, 4.69) is 10.3 Å². The van der Waals surface area contributed by atoms with Crippen LogP contribution in [0.25, 0.3) is 0 Å². The Morgan fingerprint density at radius 1 is 1.10 bits per heavy atom. The average molecular weight is 421 g/mol. The van der Waals surface area contributed by atoms with Crippen LogP contribution >= 0.6 is 0 Å². The number of nitro groups is 1. The third-order valence-electron chi connectivity index (χ3n) is 4.56. The number of carbonyl (C=O) groups is 1. The number of esters is 1. The molecule has 0 radical (unpaired) electrons. The molecule has 3 aromatic rings. The molecule has 31 heavy (non-hydrogen) atoms. The minimum absolute atomic E-state index is 0.0822. The number of aromatic nitrogens is 1. The normalized spacial score (nSPS) is 11.4. The molecule has 0 aliphatic carbocycles. The molecule has 8 nitrogen and oxygen atoms in total. The smallest absolute Gasteiger partial charge is 0.338 e. The van der Waals surface area contributed by atoms with Gasteiger partial charge in [0.2, 0.25) is 0 Å². The lowest BCUT2D eigenvalue weighted by Gasteiger charge is -2.17. The topological polar surface area (TPSA) is 104 Å². The standard InChI is InChI=1S/C23H23N3O5/c1-2-19(25-22-13-10-20(14-24-22)26(28)29)16-31-23(27)18-8-11-21(12-9-18)30-15-17-6-4-3-5-7-17/h3-14,19H,2,15-16H2,1H3,(H,24,25). The van der Waals surface area contributed by atoms with E-state index in [0.29, 0.717) is 30.2 Å². The molecule has 160 valence electrons. The summed E-state index contributed by atoms with van der Waals surface area (Å²) < 4.78 is 11.1. The van der Waals surface area contributed by atoms with Crippen molar-refractivity contribution in [1.29, 1.82) is 0 Å². The van der Waals surface area contributed by atoms with Crippen LogP contribution in [0.2, 0.25) is 0 Å². The lowest BCUT2D eigenvalue weighted by molar-refractivity contribution is -0.385. The fraction of sp³-hybridized carbons (Fsp3) is 0.217. The summed E-state index contributed by atoms with van der Waals surface area (Å²) in [5.74, 6) is 0.706. The van der Waals surface area contributed by atoms with E-state index in [0.717, 1.165) is 5.56 Å². The number of pyridine rings is 1. The van der Waals surface area contributed by atoms with Crippen LogP contribution in [0.15, 0.2) is 72.9 Å². The molecular weight excluding hydrogens is 398 g/mol. The summed E-state index contributed by atoms with van der Waals surface area (Å²) in [6, 6.07) is 19.3. The fourth-order valence-corrected chi connectivity index (χ4v) is 2.74. The van der Waals surface area contributed by atoms with Gasteiger partial charge in [-0.05, 0) is 42.3 Å². The maximum Gasteiger partial charge on any atom is 0.338 e. The molecule has 8 heteroatoms. The molecule has 1 heterocycles. The van der Waals surface area contributed by atoms with Crippen molar-refractivity contribution in [3.8, 4) is 5.75 Å². The molecule has 0 aliphatic heterocycles. The van der Waals surface area contributed by atoms with E-state index in [1.807, 2.05) is 37.3 Å². The van der Waals surface area contributed by atoms with Gasteiger partial charge in [-0.15, -0.1) is 0 Å². The van der Waals surface area contributed by atoms with Crippen LogP contribution in [0.3, 0.4) is 0 Å². The highest BCUT2D eigenvalue weighted by Gasteiger charge is 2.14. The van der Waals surface area contributed by atoms with Crippen LogP contribution in [-0.2, 0) is 11.3 Å². The second kappa shape index (κ2) is 10.7. The molecule has 0 saturated carbocycles. The number of hydrogen-bond acceptors (Lipinski definition) is 7. The van der Waals surface area contributed by atoms with Crippen molar-refractivity contribution in [2.45, 2.75) is 26.0 Å². The zero-order valence-corrected chi connectivity index (χ0v) is 17.1. The van der Waals surface area contributed by atoms with Gasteiger partial charge in [-0.2, -0.15) is 0 Å². The molecule has 0 amide bonds. The number of ether oxygens (including phenoxy) is 2. The van der Waals surface area contributed by atoms with Gasteiger partial charge in [0.25, 0.3) is 5.69 Å². The first-order valence-corrected chi connectivity index (χ1v) is 9.86. The molecule has 0 aliphatic rings. The van der Waals surface area contributed by atoms with Crippen molar-refractivity contribution in [3.05, 3.63) is 94.2 Å². The third kappa shape index (κ3) is 6.53. The van der Waals surface area contributed by atoms with Gasteiger partial charge in [-0.25, -0.2) is 9.78 Å². The van der Waals surface area contributed by atoms with Gasteiger partial charge in [0.05, 0.1) is 16.5 Å². The Kier molecular flexibility index (Phi) is 7.53. The maximum atomic E-state index is 12.3. The highest BCUT2D eigenvalue weighted by atomic mass is 16.6. The van der Waals surface area contributed by atoms with Crippen LogP contribution in [0.4, 0.5) is 11.5 Å². The molecular formula is C23H23N3O5. The highest BCUT2D eigenvalue weighted by Crippen LogP contribution is 2.16. The monoisotopic (exact) mass is 421 g/mol. The quantitative estimate of drug-likeness (QED) is 0.289. The van der Waals surface area contributed by atoms with Crippen molar-refractivity contribution >= 4 is 17.5 Å². The molecule has 3 rings (SSSR count). The zero-order chi connectivity index (χ0) is 22.1. The number of rotatable bonds is 10. The molecule has 2 aromatic carbocycles. The van der Waals surface area contributed by atoms with E-state index in [9.17, 15) is 14.9 Å². The molecule has 1 aromatic heterocycles. The van der Waals surface area contributed by atoms with Gasteiger partial charge in [-0.3, -0.25) is 10.1 Å². The van der Waals surface area contributed by atoms with Crippen LogP contribution in [-0.4, -0.2) is 28.5 Å². The predicted octanol–water partition coefficient (Wildman–Crippen LogP) is 4.62. The predicted molar refractivity (Wildman–Crippen MR) is 116 cm³/mol. The number of nitrogens with one attached hydrogen (secondary N) is 1. The third-order valence-corrected chi connectivity index (χ3v) is 4.56. The van der Waals surface area contributed by atoms with Crippen molar-refractivity contribution in [2.75, 3.05) is 11.9 Å². The summed E-state index contributed by atoms with van der Waals surface area (Å²) in [5.41, 5.74) is 1.41. The van der Waals surface area contributed by atoms with Crippen molar-refractivity contribution in [1.82, 2.24) is 4.98 Å². The molecule has 1 unspecified atom stereocenters. The molecule has 0 bridgehead atoms. The summed E-state index contributed by atoms with van der Waals surface area (Å²) >= 11 is 0. The molecule has 0 spiro atoms. The number of benzene rings is 2. The van der Waals surface area contributed by atoms with E-state index in [4.69, 9.17) is 9.47 Å². The van der Waals surface area contributed by atoms with Crippen LogP contribution < -0.4 is 10.1 Å². The molecule has 1 N–H and O–H groups in total. The van der Waals surface area contributed by atoms with Gasteiger partial charge in [0, 0.05) is 6.07 Å². The lowest BCUT2D eigenvalue weighted by atomic mass is 10.2. The highest BCUT2D eigenvalue weighted by molar-refractivity contribution is 5.89. The Morgan fingerprint density at radius 3 is 2.45 bits per heavy atom. The maximum absolute atomic E-state index is 12.3. The van der Waals surface area contributed by atoms with Gasteiger partial charge >= 0.3 is 5.97 Å². The van der Waals surface area contributed by atoms with E-state index in [-0.39, 0.29) is 18.3 Å². The average Bonchev–Trinajstić information content (AvgIpc) is 2.81. The SMILES string of the molecule is CCC(COC(=O)c1ccc(OCc2ccccc2)cc1)Nc1ccc([N+](=O)[O-])cn1. The summed E-state index contributed by atoms with van der Waals surface area (Å²) in [6.07, 6.45) is 1.86. The molecule has 0 saturated heterocycles. The Bertz CT molecular complexity index is 992. The van der Waals surface area contributed by atoms with Gasteiger partial charge < -0.3 is 14.8 Å². The summed E-state index contributed by atoms with van der Waals surface area (Å²) in [7, 11) is 0. The Labute approximate surface area is 180 Å². The van der Waals surface area contributed by atoms with E-state index in [1.54, 1.807) is 24.3 Å². The van der Waals surface area contributed by atoms with Crippen molar-refractivity contribution in [2.24, 2.45) is 0 Å². The Hall–Kier alpha value is -3.94. The second-order valence-corrected chi connectivity index (χ2v) is 6.81. The van der Waals surface area contributed by atoms with Crippen molar-refractivity contribution in [3.63, 3.8) is 0 Å². The van der Waals surface area contributed by atoms with Gasteiger partial charge in [-0.1, -0.05) is 37.3 Å². The molecule has 1 atom stereocenters. The minimum atomic E-state index is -0.506. The number of hydrogen-bond donors (Lipinski definition) is 1. The zero-order valence-electron chi connectivity index (χ0n) is 17.1. The largest absolute Gasteiger partial charge is 0.489 e. The first-order valence-electron chi connectivity index (χ1n) is 9.86. The van der Waals surface area contributed by atoms with E-state index >= 15 is 0 Å². The first kappa shape index (κ1) is 21.8. The van der Waals surface area contributed by atoms with Gasteiger partial charge in [0.15, 0.2) is 0 Å². The number of nitrogens with zero attached hydrogens (tertiary/aromatic N) is 2. The second-order valence-electron chi connectivity index (χ2n) is 6.81. The number of anilines is 1. The van der Waals surface area contributed by atoms with Crippen LogP contribution in [0.5, 0.6) is 5.75 Å². The minimum Gasteiger partial charge on any atom is -0.489 e. The van der Waals surface area contributed by atoms with E-state index in [1.165, 1.54) is 18.3 Å². The Balaban J connectivity index is 1.48. The number of carbonyl (C=O) groups excluding carboxylic acids is 1. The molecule has 0 fully saturated rings. The fourth-order valence-electron chi connectivity index (χ4n) is 2.74.